The molecular weight excluding hydrogens is 450 g/mol. The van der Waals surface area contributed by atoms with Crippen LogP contribution in [-0.4, -0.2) is 50.5 Å². The van der Waals surface area contributed by atoms with Gasteiger partial charge in [0.15, 0.2) is 5.58 Å². The van der Waals surface area contributed by atoms with Crippen molar-refractivity contribution >= 4 is 32.7 Å². The Bertz CT molecular complexity index is 1340. The number of nitrogens with zero attached hydrogens (tertiary/aromatic N) is 2. The van der Waals surface area contributed by atoms with Gasteiger partial charge in [-0.05, 0) is 25.0 Å². The molecule has 0 spiro atoms. The Balaban J connectivity index is 1.53. The first-order valence-electron chi connectivity index (χ1n) is 10.4. The Morgan fingerprint density at radius 2 is 1.82 bits per heavy atom. The Morgan fingerprint density at radius 1 is 1.12 bits per heavy atom. The summed E-state index contributed by atoms with van der Waals surface area (Å²) in [7, 11) is 0.706. The number of rotatable bonds is 6. The van der Waals surface area contributed by atoms with E-state index in [4.69, 9.17) is 13.9 Å². The molecule has 0 radical (unpaired) electrons. The van der Waals surface area contributed by atoms with E-state index in [9.17, 15) is 18.0 Å². The van der Waals surface area contributed by atoms with Crippen LogP contribution in [0, 0.1) is 5.92 Å². The third-order valence-electron chi connectivity index (χ3n) is 5.78. The van der Waals surface area contributed by atoms with Gasteiger partial charge < -0.3 is 19.2 Å². The summed E-state index contributed by atoms with van der Waals surface area (Å²) in [6, 6.07) is 9.35. The first-order chi connectivity index (χ1) is 15.7. The monoisotopic (exact) mass is 475 g/mol. The lowest BCUT2D eigenvalue weighted by molar-refractivity contribution is -0.120. The molecule has 33 heavy (non-hydrogen) atoms. The van der Waals surface area contributed by atoms with Gasteiger partial charge in [0.25, 0.3) is 0 Å². The second-order valence-electron chi connectivity index (χ2n) is 7.85. The fourth-order valence-corrected chi connectivity index (χ4v) is 5.46. The summed E-state index contributed by atoms with van der Waals surface area (Å²) in [5, 5.41) is 2.83. The van der Waals surface area contributed by atoms with Crippen molar-refractivity contribution in [2.24, 2.45) is 13.0 Å². The van der Waals surface area contributed by atoms with E-state index >= 15 is 0 Å². The molecule has 1 N–H and O–H groups in total. The summed E-state index contributed by atoms with van der Waals surface area (Å²) in [6.45, 7) is 0.349. The van der Waals surface area contributed by atoms with Crippen LogP contribution in [0.3, 0.4) is 0 Å². The van der Waals surface area contributed by atoms with Crippen LogP contribution in [0.2, 0.25) is 0 Å². The highest BCUT2D eigenvalue weighted by molar-refractivity contribution is 7.89. The normalized spacial score (nSPS) is 17.1. The van der Waals surface area contributed by atoms with E-state index in [0.29, 0.717) is 42.1 Å². The van der Waals surface area contributed by atoms with E-state index < -0.39 is 21.7 Å². The molecule has 2 heterocycles. The maximum atomic E-state index is 13.3. The van der Waals surface area contributed by atoms with Gasteiger partial charge >= 0.3 is 5.76 Å². The summed E-state index contributed by atoms with van der Waals surface area (Å²) in [6.07, 6.45) is 1.10. The van der Waals surface area contributed by atoms with Crippen molar-refractivity contribution in [3.63, 3.8) is 0 Å². The lowest BCUT2D eigenvalue weighted by atomic mass is 9.98. The van der Waals surface area contributed by atoms with Crippen molar-refractivity contribution in [2.45, 2.75) is 17.7 Å². The van der Waals surface area contributed by atoms with Crippen LogP contribution in [0.1, 0.15) is 12.8 Å². The highest BCUT2D eigenvalue weighted by Crippen LogP contribution is 2.29. The van der Waals surface area contributed by atoms with Crippen molar-refractivity contribution in [1.29, 1.82) is 0 Å². The van der Waals surface area contributed by atoms with E-state index in [1.807, 2.05) is 0 Å². The first-order valence-corrected chi connectivity index (χ1v) is 11.8. The Kier molecular flexibility index (Phi) is 6.17. The molecule has 1 aromatic heterocycles. The average Bonchev–Trinajstić information content (AvgIpc) is 3.11. The van der Waals surface area contributed by atoms with E-state index in [2.05, 4.69) is 5.32 Å². The number of sulfonamides is 1. The highest BCUT2D eigenvalue weighted by atomic mass is 32.2. The van der Waals surface area contributed by atoms with E-state index in [0.717, 1.165) is 0 Å². The molecule has 1 atom stereocenters. The van der Waals surface area contributed by atoms with Crippen molar-refractivity contribution < 1.29 is 27.1 Å². The molecule has 1 aliphatic rings. The molecule has 176 valence electrons. The molecule has 3 aromatic rings. The number of ether oxygens (including phenoxy) is 2. The van der Waals surface area contributed by atoms with Gasteiger partial charge in [-0.1, -0.05) is 0 Å². The quantitative estimate of drug-likeness (QED) is 0.580. The maximum Gasteiger partial charge on any atom is 0.419 e. The number of hydrogen-bond acceptors (Lipinski definition) is 7. The maximum absolute atomic E-state index is 13.3. The lowest BCUT2D eigenvalue weighted by Crippen LogP contribution is -2.43. The third kappa shape index (κ3) is 4.46. The van der Waals surface area contributed by atoms with Gasteiger partial charge in [0.1, 0.15) is 11.5 Å². The molecule has 1 aliphatic heterocycles. The molecule has 11 heteroatoms. The third-order valence-corrected chi connectivity index (χ3v) is 7.64. The first kappa shape index (κ1) is 22.9. The van der Waals surface area contributed by atoms with Crippen LogP contribution >= 0.6 is 0 Å². The number of benzene rings is 2. The van der Waals surface area contributed by atoms with Gasteiger partial charge in [-0.15, -0.1) is 0 Å². The SMILES string of the molecule is COc1cc(NC(=O)C2CCCN(S(=O)(=O)c3ccc4c(c3)oc(=O)n4C)C2)cc(OC)c1. The second-order valence-corrected chi connectivity index (χ2v) is 9.79. The minimum Gasteiger partial charge on any atom is -0.497 e. The molecule has 10 nitrogen and oxygen atoms in total. The van der Waals surface area contributed by atoms with Gasteiger partial charge in [-0.2, -0.15) is 4.31 Å². The number of anilines is 1. The molecule has 1 saturated heterocycles. The number of carbonyl (C=O) groups is 1. The molecule has 1 unspecified atom stereocenters. The fourth-order valence-electron chi connectivity index (χ4n) is 3.92. The van der Waals surface area contributed by atoms with Crippen LogP contribution in [0.4, 0.5) is 5.69 Å². The molecule has 4 rings (SSSR count). The van der Waals surface area contributed by atoms with Crippen LogP contribution in [-0.2, 0) is 21.9 Å². The highest BCUT2D eigenvalue weighted by Gasteiger charge is 2.34. The Morgan fingerprint density at radius 3 is 2.48 bits per heavy atom. The minimum absolute atomic E-state index is 0.0166. The zero-order valence-electron chi connectivity index (χ0n) is 18.5. The minimum atomic E-state index is -3.88. The molecule has 0 bridgehead atoms. The van der Waals surface area contributed by atoms with Crippen molar-refractivity contribution in [3.05, 3.63) is 46.9 Å². The van der Waals surface area contributed by atoms with Gasteiger partial charge in [-0.3, -0.25) is 9.36 Å². The summed E-state index contributed by atoms with van der Waals surface area (Å²) < 4.78 is 44.7. The number of aromatic nitrogens is 1. The summed E-state index contributed by atoms with van der Waals surface area (Å²) in [5.41, 5.74) is 1.20. The summed E-state index contributed by atoms with van der Waals surface area (Å²) >= 11 is 0. The number of hydrogen-bond donors (Lipinski definition) is 1. The number of nitrogens with one attached hydrogen (secondary N) is 1. The van der Waals surface area contributed by atoms with Crippen LogP contribution < -0.4 is 20.5 Å². The van der Waals surface area contributed by atoms with Crippen molar-refractivity contribution in [1.82, 2.24) is 8.87 Å². The Hall–Kier alpha value is -3.31. The fraction of sp³-hybridized carbons (Fsp3) is 0.364. The van der Waals surface area contributed by atoms with E-state index in [1.165, 1.54) is 41.3 Å². The number of oxazole rings is 1. The summed E-state index contributed by atoms with van der Waals surface area (Å²) in [5.74, 6) is -0.317. The van der Waals surface area contributed by atoms with E-state index in [1.54, 1.807) is 25.2 Å². The lowest BCUT2D eigenvalue weighted by Gasteiger charge is -2.31. The van der Waals surface area contributed by atoms with Gasteiger partial charge in [0.2, 0.25) is 15.9 Å². The number of methoxy groups -OCH3 is 2. The number of piperidine rings is 1. The zero-order valence-corrected chi connectivity index (χ0v) is 19.3. The second kappa shape index (κ2) is 8.91. The summed E-state index contributed by atoms with van der Waals surface area (Å²) in [4.78, 5) is 24.7. The molecule has 1 fully saturated rings. The predicted molar refractivity (Wildman–Crippen MR) is 121 cm³/mol. The van der Waals surface area contributed by atoms with Gasteiger partial charge in [-0.25, -0.2) is 13.2 Å². The standard InChI is InChI=1S/C22H25N3O7S/c1-24-19-7-6-18(12-20(19)32-22(24)27)33(28,29)25-8-4-5-14(13-25)21(26)23-15-9-16(30-2)11-17(10-15)31-3/h6-7,9-12,14H,4-5,8,13H2,1-3H3,(H,23,26). The zero-order chi connectivity index (χ0) is 23.8. The number of fused-ring (bicyclic) bond motifs is 1. The molecule has 0 saturated carbocycles. The van der Waals surface area contributed by atoms with Crippen LogP contribution in [0.5, 0.6) is 11.5 Å². The predicted octanol–water partition coefficient (Wildman–Crippen LogP) is 2.19. The average molecular weight is 476 g/mol. The Labute approximate surface area is 190 Å². The van der Waals surface area contributed by atoms with Gasteiger partial charge in [0.05, 0.1) is 30.5 Å². The smallest absolute Gasteiger partial charge is 0.419 e. The molecule has 1 amide bonds. The van der Waals surface area contributed by atoms with Crippen molar-refractivity contribution in [2.75, 3.05) is 32.6 Å². The number of amides is 1. The van der Waals surface area contributed by atoms with Gasteiger partial charge in [0, 0.05) is 50.1 Å². The largest absolute Gasteiger partial charge is 0.497 e. The molecular formula is C22H25N3O7S. The van der Waals surface area contributed by atoms with Crippen LogP contribution in [0.15, 0.2) is 50.5 Å². The molecule has 2 aromatic carbocycles. The van der Waals surface area contributed by atoms with Crippen molar-refractivity contribution in [3.8, 4) is 11.5 Å². The molecule has 0 aliphatic carbocycles. The van der Waals surface area contributed by atoms with Crippen LogP contribution in [0.25, 0.3) is 11.1 Å². The van der Waals surface area contributed by atoms with E-state index in [-0.39, 0.29) is 22.9 Å². The number of carbonyl (C=O) groups excluding carboxylic acids is 1. The number of aryl methyl sites for hydroxylation is 1. The topological polar surface area (TPSA) is 120 Å².